The van der Waals surface area contributed by atoms with Gasteiger partial charge < -0.3 is 5.11 Å². The minimum atomic E-state index is -0.775. The zero-order valence-corrected chi connectivity index (χ0v) is 9.73. The fourth-order valence-electron chi connectivity index (χ4n) is 1.63. The molecule has 0 saturated carbocycles. The average molecular weight is 213 g/mol. The van der Waals surface area contributed by atoms with E-state index in [-0.39, 0.29) is 0 Å². The third kappa shape index (κ3) is 2.10. The van der Waals surface area contributed by atoms with Gasteiger partial charge >= 0.3 is 0 Å². The molecule has 0 heterocycles. The van der Waals surface area contributed by atoms with Gasteiger partial charge in [0.05, 0.1) is 5.60 Å². The van der Waals surface area contributed by atoms with Crippen LogP contribution in [0.5, 0.6) is 0 Å². The van der Waals surface area contributed by atoms with Crippen molar-refractivity contribution in [3.63, 3.8) is 0 Å². The molecule has 1 aromatic carbocycles. The molecular formula is C12H17ClO. The van der Waals surface area contributed by atoms with Gasteiger partial charge in [-0.15, -0.1) is 0 Å². The largest absolute Gasteiger partial charge is 0.385 e. The zero-order chi connectivity index (χ0) is 10.8. The molecular weight excluding hydrogens is 196 g/mol. The van der Waals surface area contributed by atoms with E-state index < -0.39 is 5.60 Å². The summed E-state index contributed by atoms with van der Waals surface area (Å²) in [4.78, 5) is 0. The summed E-state index contributed by atoms with van der Waals surface area (Å²) in [7, 11) is 0. The molecule has 1 N–H and O–H groups in total. The van der Waals surface area contributed by atoms with Crippen molar-refractivity contribution in [1.29, 1.82) is 0 Å². The summed E-state index contributed by atoms with van der Waals surface area (Å²) in [5.41, 5.74) is 1.21. The Morgan fingerprint density at radius 3 is 2.36 bits per heavy atom. The van der Waals surface area contributed by atoms with Gasteiger partial charge in [-0.1, -0.05) is 43.1 Å². The van der Waals surface area contributed by atoms with E-state index in [1.54, 1.807) is 0 Å². The van der Waals surface area contributed by atoms with Gasteiger partial charge in [-0.3, -0.25) is 0 Å². The van der Waals surface area contributed by atoms with Crippen molar-refractivity contribution < 1.29 is 5.11 Å². The first-order chi connectivity index (χ1) is 6.53. The van der Waals surface area contributed by atoms with Crippen LogP contribution in [-0.2, 0) is 5.60 Å². The van der Waals surface area contributed by atoms with Crippen LogP contribution in [0.1, 0.15) is 37.8 Å². The number of aryl methyl sites for hydroxylation is 1. The molecule has 78 valence electrons. The van der Waals surface area contributed by atoms with Crippen molar-refractivity contribution >= 4 is 11.6 Å². The van der Waals surface area contributed by atoms with E-state index in [1.165, 1.54) is 0 Å². The van der Waals surface area contributed by atoms with Crippen LogP contribution in [0.4, 0.5) is 0 Å². The normalized spacial score (nSPS) is 11.8. The number of hydrogen-bond acceptors (Lipinski definition) is 1. The quantitative estimate of drug-likeness (QED) is 0.811. The predicted molar refractivity (Wildman–Crippen MR) is 60.7 cm³/mol. The highest BCUT2D eigenvalue weighted by molar-refractivity contribution is 6.31. The lowest BCUT2D eigenvalue weighted by Crippen LogP contribution is -2.24. The fourth-order valence-corrected chi connectivity index (χ4v) is 1.92. The van der Waals surface area contributed by atoms with Crippen LogP contribution in [0.2, 0.25) is 5.02 Å². The smallest absolute Gasteiger partial charge is 0.0905 e. The lowest BCUT2D eigenvalue weighted by Gasteiger charge is -2.27. The highest BCUT2D eigenvalue weighted by Crippen LogP contribution is 2.34. The monoisotopic (exact) mass is 212 g/mol. The summed E-state index contributed by atoms with van der Waals surface area (Å²) in [6, 6.07) is 5.77. The highest BCUT2D eigenvalue weighted by Gasteiger charge is 2.27. The van der Waals surface area contributed by atoms with Crippen LogP contribution in [0.25, 0.3) is 0 Å². The number of aliphatic hydroxyl groups is 1. The van der Waals surface area contributed by atoms with Crippen LogP contribution < -0.4 is 0 Å². The Hall–Kier alpha value is -0.530. The Morgan fingerprint density at radius 2 is 1.86 bits per heavy atom. The Morgan fingerprint density at radius 1 is 1.29 bits per heavy atom. The van der Waals surface area contributed by atoms with Crippen molar-refractivity contribution in [3.05, 3.63) is 34.3 Å². The Balaban J connectivity index is 3.22. The summed E-state index contributed by atoms with van der Waals surface area (Å²) < 4.78 is 0. The zero-order valence-electron chi connectivity index (χ0n) is 8.97. The maximum atomic E-state index is 10.3. The molecule has 0 radical (unpaired) electrons. The summed E-state index contributed by atoms with van der Waals surface area (Å²) in [6.45, 7) is 5.95. The van der Waals surface area contributed by atoms with Gasteiger partial charge in [-0.25, -0.2) is 0 Å². The molecule has 0 aliphatic rings. The molecule has 0 atom stereocenters. The standard InChI is InChI=1S/C12H17ClO/c1-4-12(14,5-2)10-8-9(3)6-7-11(10)13/h6-8,14H,4-5H2,1-3H3. The number of hydrogen-bond donors (Lipinski definition) is 1. The maximum Gasteiger partial charge on any atom is 0.0905 e. The van der Waals surface area contributed by atoms with E-state index in [0.29, 0.717) is 17.9 Å². The van der Waals surface area contributed by atoms with Gasteiger partial charge in [0, 0.05) is 10.6 Å². The molecule has 0 aromatic heterocycles. The van der Waals surface area contributed by atoms with E-state index in [9.17, 15) is 5.11 Å². The third-order valence-electron chi connectivity index (χ3n) is 2.79. The summed E-state index contributed by atoms with van der Waals surface area (Å²) in [5.74, 6) is 0. The molecule has 2 heteroatoms. The number of rotatable bonds is 3. The first-order valence-electron chi connectivity index (χ1n) is 5.02. The van der Waals surface area contributed by atoms with Crippen LogP contribution in [0.3, 0.4) is 0 Å². The van der Waals surface area contributed by atoms with E-state index in [2.05, 4.69) is 0 Å². The van der Waals surface area contributed by atoms with Crippen LogP contribution in [0.15, 0.2) is 18.2 Å². The minimum absolute atomic E-state index is 0.654. The Bertz CT molecular complexity index is 316. The van der Waals surface area contributed by atoms with Crippen molar-refractivity contribution in [1.82, 2.24) is 0 Å². The van der Waals surface area contributed by atoms with Crippen molar-refractivity contribution in [2.75, 3.05) is 0 Å². The first kappa shape index (κ1) is 11.5. The molecule has 0 bridgehead atoms. The van der Waals surface area contributed by atoms with Crippen LogP contribution >= 0.6 is 11.6 Å². The number of halogens is 1. The van der Waals surface area contributed by atoms with E-state index in [1.807, 2.05) is 39.0 Å². The second kappa shape index (κ2) is 4.33. The van der Waals surface area contributed by atoms with Crippen molar-refractivity contribution in [3.8, 4) is 0 Å². The molecule has 0 unspecified atom stereocenters. The van der Waals surface area contributed by atoms with E-state index in [0.717, 1.165) is 11.1 Å². The average Bonchev–Trinajstić information content (AvgIpc) is 2.20. The van der Waals surface area contributed by atoms with Crippen LogP contribution in [0, 0.1) is 6.92 Å². The molecule has 0 spiro atoms. The van der Waals surface area contributed by atoms with Gasteiger partial charge in [0.1, 0.15) is 0 Å². The summed E-state index contributed by atoms with van der Waals surface area (Å²) in [5, 5.41) is 11.0. The Kier molecular flexibility index (Phi) is 3.57. The molecule has 0 aliphatic carbocycles. The van der Waals surface area contributed by atoms with E-state index in [4.69, 9.17) is 11.6 Å². The molecule has 1 aromatic rings. The number of benzene rings is 1. The molecule has 14 heavy (non-hydrogen) atoms. The Labute approximate surface area is 90.7 Å². The highest BCUT2D eigenvalue weighted by atomic mass is 35.5. The topological polar surface area (TPSA) is 20.2 Å². The maximum absolute atomic E-state index is 10.3. The van der Waals surface area contributed by atoms with Crippen molar-refractivity contribution in [2.45, 2.75) is 39.2 Å². The molecule has 1 rings (SSSR count). The predicted octanol–water partition coefficient (Wildman–Crippen LogP) is 3.66. The van der Waals surface area contributed by atoms with E-state index >= 15 is 0 Å². The molecule has 0 amide bonds. The minimum Gasteiger partial charge on any atom is -0.385 e. The van der Waals surface area contributed by atoms with Gasteiger partial charge in [0.2, 0.25) is 0 Å². The molecule has 1 nitrogen and oxygen atoms in total. The lowest BCUT2D eigenvalue weighted by atomic mass is 9.88. The lowest BCUT2D eigenvalue weighted by molar-refractivity contribution is 0.0284. The van der Waals surface area contributed by atoms with Gasteiger partial charge in [0.15, 0.2) is 0 Å². The van der Waals surface area contributed by atoms with Crippen LogP contribution in [-0.4, -0.2) is 5.11 Å². The molecule has 0 fully saturated rings. The summed E-state index contributed by atoms with van der Waals surface area (Å²) in [6.07, 6.45) is 1.37. The fraction of sp³-hybridized carbons (Fsp3) is 0.500. The van der Waals surface area contributed by atoms with Gasteiger partial charge in [-0.05, 0) is 25.8 Å². The van der Waals surface area contributed by atoms with Crippen molar-refractivity contribution in [2.24, 2.45) is 0 Å². The SMILES string of the molecule is CCC(O)(CC)c1cc(C)ccc1Cl. The second-order valence-corrected chi connectivity index (χ2v) is 4.13. The molecule has 0 saturated heterocycles. The third-order valence-corrected chi connectivity index (χ3v) is 3.12. The molecule has 0 aliphatic heterocycles. The first-order valence-corrected chi connectivity index (χ1v) is 5.40. The second-order valence-electron chi connectivity index (χ2n) is 3.72. The summed E-state index contributed by atoms with van der Waals surface area (Å²) >= 11 is 6.08. The van der Waals surface area contributed by atoms with Gasteiger partial charge in [0.25, 0.3) is 0 Å². The van der Waals surface area contributed by atoms with Gasteiger partial charge in [-0.2, -0.15) is 0 Å².